The molecule has 1 saturated carbocycles. The Balaban J connectivity index is 2.12. The van der Waals surface area contributed by atoms with Crippen LogP contribution in [0.2, 0.25) is 0 Å². The molecule has 2 rings (SSSR count). The Morgan fingerprint density at radius 1 is 1.32 bits per heavy atom. The predicted octanol–water partition coefficient (Wildman–Crippen LogP) is 4.48. The van der Waals surface area contributed by atoms with Gasteiger partial charge in [-0.25, -0.2) is 0 Å². The van der Waals surface area contributed by atoms with Gasteiger partial charge in [-0.2, -0.15) is 0 Å². The smallest absolute Gasteiger partial charge is 0.0490 e. The molecule has 1 aliphatic rings. The molecule has 0 aliphatic heterocycles. The molecule has 3 N–H and O–H groups in total. The van der Waals surface area contributed by atoms with Crippen LogP contribution in [0.1, 0.15) is 56.2 Å². The maximum Gasteiger partial charge on any atom is 0.0490 e. The van der Waals surface area contributed by atoms with Crippen LogP contribution < -0.4 is 11.3 Å². The van der Waals surface area contributed by atoms with Crippen LogP contribution in [-0.4, -0.2) is 0 Å². The van der Waals surface area contributed by atoms with E-state index in [9.17, 15) is 0 Å². The minimum absolute atomic E-state index is 0.297. The van der Waals surface area contributed by atoms with Crippen molar-refractivity contribution in [2.45, 2.75) is 52.0 Å². The lowest BCUT2D eigenvalue weighted by Crippen LogP contribution is -2.35. The van der Waals surface area contributed by atoms with Crippen LogP contribution in [0.5, 0.6) is 0 Å². The summed E-state index contributed by atoms with van der Waals surface area (Å²) in [5, 5.41) is 0. The normalized spacial score (nSPS) is 25.3. The Labute approximate surface area is 125 Å². The first kappa shape index (κ1) is 15.0. The van der Waals surface area contributed by atoms with Gasteiger partial charge in [-0.15, -0.1) is 0 Å². The molecule has 0 amide bonds. The van der Waals surface area contributed by atoms with Crippen LogP contribution in [0, 0.1) is 18.8 Å². The van der Waals surface area contributed by atoms with Crippen molar-refractivity contribution >= 4 is 15.9 Å². The Morgan fingerprint density at radius 2 is 2.00 bits per heavy atom. The lowest BCUT2D eigenvalue weighted by atomic mass is 9.75. The number of rotatable bonds is 4. The number of hydrazine groups is 1. The molecule has 1 unspecified atom stereocenters. The molecule has 1 atom stereocenters. The standard InChI is InChI=1S/C16H25BrN2/c1-3-12-4-6-13(7-5-12)16(19-18)15-9-8-14(17)10-11(15)2/h8-10,12-13,16,19H,3-7,18H2,1-2H3. The third kappa shape index (κ3) is 3.59. The monoisotopic (exact) mass is 324 g/mol. The van der Waals surface area contributed by atoms with E-state index in [1.165, 1.54) is 43.2 Å². The number of nitrogens with two attached hydrogens (primary N) is 1. The van der Waals surface area contributed by atoms with Crippen molar-refractivity contribution in [2.24, 2.45) is 17.7 Å². The van der Waals surface area contributed by atoms with E-state index in [2.05, 4.69) is 53.4 Å². The molecule has 0 saturated heterocycles. The Bertz CT molecular complexity index is 411. The molecule has 0 radical (unpaired) electrons. The second-order valence-corrected chi connectivity index (χ2v) is 6.75. The van der Waals surface area contributed by atoms with E-state index in [0.29, 0.717) is 12.0 Å². The van der Waals surface area contributed by atoms with Gasteiger partial charge in [-0.05, 0) is 54.9 Å². The van der Waals surface area contributed by atoms with Crippen molar-refractivity contribution < 1.29 is 0 Å². The summed E-state index contributed by atoms with van der Waals surface area (Å²) in [5.74, 6) is 7.45. The van der Waals surface area contributed by atoms with Crippen molar-refractivity contribution in [1.82, 2.24) is 5.43 Å². The van der Waals surface area contributed by atoms with Gasteiger partial charge in [0.2, 0.25) is 0 Å². The summed E-state index contributed by atoms with van der Waals surface area (Å²) in [6, 6.07) is 6.79. The average molecular weight is 325 g/mol. The van der Waals surface area contributed by atoms with E-state index in [1.54, 1.807) is 0 Å². The van der Waals surface area contributed by atoms with Gasteiger partial charge in [0.25, 0.3) is 0 Å². The molecular weight excluding hydrogens is 300 g/mol. The van der Waals surface area contributed by atoms with E-state index in [1.807, 2.05) is 0 Å². The largest absolute Gasteiger partial charge is 0.271 e. The number of nitrogens with one attached hydrogen (secondary N) is 1. The van der Waals surface area contributed by atoms with Crippen LogP contribution in [0.4, 0.5) is 0 Å². The molecule has 19 heavy (non-hydrogen) atoms. The van der Waals surface area contributed by atoms with Gasteiger partial charge in [0.05, 0.1) is 0 Å². The van der Waals surface area contributed by atoms with Crippen LogP contribution in [0.25, 0.3) is 0 Å². The summed E-state index contributed by atoms with van der Waals surface area (Å²) in [4.78, 5) is 0. The minimum atomic E-state index is 0.297. The molecule has 1 aromatic rings. The zero-order chi connectivity index (χ0) is 13.8. The Hall–Kier alpha value is -0.380. The van der Waals surface area contributed by atoms with E-state index < -0.39 is 0 Å². The average Bonchev–Trinajstić information content (AvgIpc) is 2.42. The summed E-state index contributed by atoms with van der Waals surface area (Å²) in [6.07, 6.45) is 6.63. The van der Waals surface area contributed by atoms with Gasteiger partial charge in [0, 0.05) is 10.5 Å². The molecule has 1 fully saturated rings. The summed E-state index contributed by atoms with van der Waals surface area (Å²) in [6.45, 7) is 4.48. The fourth-order valence-electron chi connectivity index (χ4n) is 3.40. The van der Waals surface area contributed by atoms with Crippen LogP contribution in [0.15, 0.2) is 22.7 Å². The maximum atomic E-state index is 5.85. The molecule has 3 heteroatoms. The molecule has 2 nitrogen and oxygen atoms in total. The second-order valence-electron chi connectivity index (χ2n) is 5.83. The first-order valence-corrected chi connectivity index (χ1v) is 8.17. The third-order valence-corrected chi connectivity index (χ3v) is 5.18. The van der Waals surface area contributed by atoms with E-state index in [0.717, 1.165) is 10.4 Å². The molecule has 0 aromatic heterocycles. The Morgan fingerprint density at radius 3 is 2.53 bits per heavy atom. The number of aryl methyl sites for hydroxylation is 1. The van der Waals surface area contributed by atoms with Gasteiger partial charge in [0.15, 0.2) is 0 Å². The Kier molecular flexibility index (Phi) is 5.43. The van der Waals surface area contributed by atoms with Crippen LogP contribution in [0.3, 0.4) is 0 Å². The third-order valence-electron chi connectivity index (χ3n) is 4.69. The number of halogens is 1. The molecule has 0 spiro atoms. The van der Waals surface area contributed by atoms with Crippen molar-refractivity contribution in [3.63, 3.8) is 0 Å². The summed E-state index contributed by atoms with van der Waals surface area (Å²) in [7, 11) is 0. The lowest BCUT2D eigenvalue weighted by molar-refractivity contribution is 0.219. The highest BCUT2D eigenvalue weighted by molar-refractivity contribution is 9.10. The van der Waals surface area contributed by atoms with Gasteiger partial charge < -0.3 is 0 Å². The first-order chi connectivity index (χ1) is 9.15. The number of benzene rings is 1. The number of hydrogen-bond donors (Lipinski definition) is 2. The molecule has 106 valence electrons. The SMILES string of the molecule is CCC1CCC(C(NN)c2ccc(Br)cc2C)CC1. The second kappa shape index (κ2) is 6.87. The van der Waals surface area contributed by atoms with Gasteiger partial charge >= 0.3 is 0 Å². The van der Waals surface area contributed by atoms with Crippen molar-refractivity contribution in [3.8, 4) is 0 Å². The summed E-state index contributed by atoms with van der Waals surface area (Å²) >= 11 is 3.53. The van der Waals surface area contributed by atoms with Crippen LogP contribution in [-0.2, 0) is 0 Å². The topological polar surface area (TPSA) is 38.0 Å². The highest BCUT2D eigenvalue weighted by atomic mass is 79.9. The van der Waals surface area contributed by atoms with E-state index in [4.69, 9.17) is 5.84 Å². The van der Waals surface area contributed by atoms with Crippen molar-refractivity contribution in [1.29, 1.82) is 0 Å². The van der Waals surface area contributed by atoms with E-state index >= 15 is 0 Å². The molecule has 1 aromatic carbocycles. The van der Waals surface area contributed by atoms with Gasteiger partial charge in [-0.1, -0.05) is 48.2 Å². The highest BCUT2D eigenvalue weighted by Crippen LogP contribution is 2.38. The van der Waals surface area contributed by atoms with Crippen molar-refractivity contribution in [2.75, 3.05) is 0 Å². The minimum Gasteiger partial charge on any atom is -0.271 e. The van der Waals surface area contributed by atoms with Gasteiger partial charge in [0.1, 0.15) is 0 Å². The molecular formula is C16H25BrN2. The first-order valence-electron chi connectivity index (χ1n) is 7.37. The fourth-order valence-corrected chi connectivity index (χ4v) is 3.87. The summed E-state index contributed by atoms with van der Waals surface area (Å²) < 4.78 is 1.14. The molecule has 0 heterocycles. The molecule has 1 aliphatic carbocycles. The van der Waals surface area contributed by atoms with Gasteiger partial charge in [-0.3, -0.25) is 11.3 Å². The van der Waals surface area contributed by atoms with Crippen LogP contribution >= 0.6 is 15.9 Å². The zero-order valence-corrected chi connectivity index (χ0v) is 13.5. The van der Waals surface area contributed by atoms with Crippen molar-refractivity contribution in [3.05, 3.63) is 33.8 Å². The highest BCUT2D eigenvalue weighted by Gasteiger charge is 2.28. The predicted molar refractivity (Wildman–Crippen MR) is 84.7 cm³/mol. The number of hydrogen-bond acceptors (Lipinski definition) is 2. The lowest BCUT2D eigenvalue weighted by Gasteiger charge is -2.34. The summed E-state index contributed by atoms with van der Waals surface area (Å²) in [5.41, 5.74) is 5.73. The zero-order valence-electron chi connectivity index (χ0n) is 12.0. The quantitative estimate of drug-likeness (QED) is 0.633. The fraction of sp³-hybridized carbons (Fsp3) is 0.625. The maximum absolute atomic E-state index is 5.85. The van der Waals surface area contributed by atoms with E-state index in [-0.39, 0.29) is 0 Å². The molecule has 0 bridgehead atoms.